The molecule has 0 unspecified atom stereocenters. The number of carbonyl (C=O) groups is 2. The van der Waals surface area contributed by atoms with Crippen molar-refractivity contribution < 1.29 is 19.1 Å². The van der Waals surface area contributed by atoms with Crippen LogP contribution in [0.5, 0.6) is 11.5 Å². The first-order valence-corrected chi connectivity index (χ1v) is 9.02. The molecule has 9 heteroatoms. The summed E-state index contributed by atoms with van der Waals surface area (Å²) >= 11 is 5.99. The number of primary amides is 1. The molecule has 3 N–H and O–H groups in total. The summed E-state index contributed by atoms with van der Waals surface area (Å²) < 4.78 is 12.1. The van der Waals surface area contributed by atoms with Crippen LogP contribution in [0.3, 0.4) is 0 Å². The second kappa shape index (κ2) is 9.11. The number of amides is 2. The number of nitrogens with zero attached hydrogens (tertiary/aromatic N) is 2. The van der Waals surface area contributed by atoms with E-state index in [1.54, 1.807) is 47.3 Å². The van der Waals surface area contributed by atoms with Gasteiger partial charge in [0.25, 0.3) is 11.8 Å². The van der Waals surface area contributed by atoms with Crippen molar-refractivity contribution in [2.24, 2.45) is 5.73 Å². The van der Waals surface area contributed by atoms with Gasteiger partial charge in [-0.3, -0.25) is 9.59 Å². The standard InChI is InChI=1S/C20H19ClN4O4/c1-28-18-9-13(5-6-17(18)29-12-19(22)26)11-23-20(27)16-7-8-25(24-16)15-4-2-3-14(21)10-15/h2-10H,11-12H2,1H3,(H2,22,26)(H,23,27). The van der Waals surface area contributed by atoms with Gasteiger partial charge in [0, 0.05) is 17.8 Å². The predicted octanol–water partition coefficient (Wildman–Crippen LogP) is 2.33. The highest BCUT2D eigenvalue weighted by Crippen LogP contribution is 2.28. The van der Waals surface area contributed by atoms with Gasteiger partial charge in [0.2, 0.25) is 0 Å². The molecule has 0 fully saturated rings. The third-order valence-electron chi connectivity index (χ3n) is 3.95. The fraction of sp³-hybridized carbons (Fsp3) is 0.150. The highest BCUT2D eigenvalue weighted by molar-refractivity contribution is 6.30. The van der Waals surface area contributed by atoms with Crippen LogP contribution in [0.15, 0.2) is 54.7 Å². The molecule has 2 aromatic carbocycles. The zero-order chi connectivity index (χ0) is 20.8. The molecule has 8 nitrogen and oxygen atoms in total. The van der Waals surface area contributed by atoms with Crippen molar-refractivity contribution in [3.05, 3.63) is 71.0 Å². The average Bonchev–Trinajstić information content (AvgIpc) is 3.21. The van der Waals surface area contributed by atoms with Gasteiger partial charge in [0.15, 0.2) is 23.8 Å². The van der Waals surface area contributed by atoms with E-state index in [0.717, 1.165) is 11.3 Å². The van der Waals surface area contributed by atoms with Gasteiger partial charge in [-0.1, -0.05) is 23.7 Å². The summed E-state index contributed by atoms with van der Waals surface area (Å²) in [6.07, 6.45) is 1.69. The quantitative estimate of drug-likeness (QED) is 0.588. The van der Waals surface area contributed by atoms with E-state index in [0.29, 0.717) is 16.5 Å². The van der Waals surface area contributed by atoms with Crippen LogP contribution in [0.2, 0.25) is 5.02 Å². The Labute approximate surface area is 172 Å². The number of nitrogens with one attached hydrogen (secondary N) is 1. The van der Waals surface area contributed by atoms with Crippen LogP contribution in [0.25, 0.3) is 5.69 Å². The number of hydrogen-bond donors (Lipinski definition) is 2. The lowest BCUT2D eigenvalue weighted by atomic mass is 10.2. The number of rotatable bonds is 8. The lowest BCUT2D eigenvalue weighted by Crippen LogP contribution is -2.23. The van der Waals surface area contributed by atoms with E-state index < -0.39 is 5.91 Å². The van der Waals surface area contributed by atoms with Gasteiger partial charge in [0.1, 0.15) is 0 Å². The largest absolute Gasteiger partial charge is 0.493 e. The first-order chi connectivity index (χ1) is 14.0. The van der Waals surface area contributed by atoms with Crippen molar-refractivity contribution in [3.63, 3.8) is 0 Å². The van der Waals surface area contributed by atoms with Crippen LogP contribution < -0.4 is 20.5 Å². The third-order valence-corrected chi connectivity index (χ3v) is 4.18. The number of carbonyl (C=O) groups excluding carboxylic acids is 2. The van der Waals surface area contributed by atoms with Gasteiger partial charge in [-0.15, -0.1) is 0 Å². The zero-order valence-corrected chi connectivity index (χ0v) is 16.3. The Kier molecular flexibility index (Phi) is 6.36. The number of aromatic nitrogens is 2. The predicted molar refractivity (Wildman–Crippen MR) is 107 cm³/mol. The van der Waals surface area contributed by atoms with E-state index in [9.17, 15) is 9.59 Å². The van der Waals surface area contributed by atoms with Crippen LogP contribution in [0.1, 0.15) is 16.1 Å². The molecule has 3 rings (SSSR count). The Morgan fingerprint density at radius 1 is 1.17 bits per heavy atom. The van der Waals surface area contributed by atoms with Gasteiger partial charge in [0.05, 0.1) is 12.8 Å². The minimum Gasteiger partial charge on any atom is -0.493 e. The number of ether oxygens (including phenoxy) is 2. The van der Waals surface area contributed by atoms with Crippen LogP contribution in [-0.4, -0.2) is 35.3 Å². The molecule has 0 spiro atoms. The number of methoxy groups -OCH3 is 1. The van der Waals surface area contributed by atoms with Gasteiger partial charge in [-0.25, -0.2) is 4.68 Å². The SMILES string of the molecule is COc1cc(CNC(=O)c2ccn(-c3cccc(Cl)c3)n2)ccc1OCC(N)=O. The summed E-state index contributed by atoms with van der Waals surface area (Å²) in [5.41, 5.74) is 6.90. The van der Waals surface area contributed by atoms with Gasteiger partial charge in [-0.2, -0.15) is 5.10 Å². The Balaban J connectivity index is 1.64. The Hall–Kier alpha value is -3.52. The summed E-state index contributed by atoms with van der Waals surface area (Å²) in [6, 6.07) is 13.9. The molecule has 0 saturated heterocycles. The number of halogens is 1. The molecule has 1 aromatic heterocycles. The summed E-state index contributed by atoms with van der Waals surface area (Å²) in [5, 5.41) is 7.67. The molecule has 3 aromatic rings. The maximum Gasteiger partial charge on any atom is 0.272 e. The van der Waals surface area contributed by atoms with Crippen molar-refractivity contribution in [1.29, 1.82) is 0 Å². The van der Waals surface area contributed by atoms with Crippen LogP contribution in [0.4, 0.5) is 0 Å². The Morgan fingerprint density at radius 3 is 2.72 bits per heavy atom. The van der Waals surface area contributed by atoms with E-state index in [1.807, 2.05) is 12.1 Å². The molecule has 0 aliphatic heterocycles. The lowest BCUT2D eigenvalue weighted by molar-refractivity contribution is -0.119. The molecule has 0 saturated carbocycles. The summed E-state index contributed by atoms with van der Waals surface area (Å²) in [4.78, 5) is 23.3. The van der Waals surface area contributed by atoms with Crippen molar-refractivity contribution in [2.75, 3.05) is 13.7 Å². The molecule has 0 aliphatic carbocycles. The first-order valence-electron chi connectivity index (χ1n) is 8.64. The molecule has 0 radical (unpaired) electrons. The van der Waals surface area contributed by atoms with Crippen LogP contribution >= 0.6 is 11.6 Å². The molecular formula is C20H19ClN4O4. The Morgan fingerprint density at radius 2 is 2.00 bits per heavy atom. The fourth-order valence-electron chi connectivity index (χ4n) is 2.57. The van der Waals surface area contributed by atoms with Crippen LogP contribution in [-0.2, 0) is 11.3 Å². The smallest absolute Gasteiger partial charge is 0.272 e. The van der Waals surface area contributed by atoms with E-state index in [1.165, 1.54) is 7.11 Å². The molecular weight excluding hydrogens is 396 g/mol. The second-order valence-electron chi connectivity index (χ2n) is 6.05. The van der Waals surface area contributed by atoms with E-state index >= 15 is 0 Å². The fourth-order valence-corrected chi connectivity index (χ4v) is 2.75. The van der Waals surface area contributed by atoms with Crippen molar-refractivity contribution in [3.8, 4) is 17.2 Å². The number of benzene rings is 2. The Bertz CT molecular complexity index is 1030. The van der Waals surface area contributed by atoms with Gasteiger partial charge in [-0.05, 0) is 42.0 Å². The van der Waals surface area contributed by atoms with Crippen molar-refractivity contribution >= 4 is 23.4 Å². The molecule has 2 amide bonds. The molecule has 0 aliphatic rings. The zero-order valence-electron chi connectivity index (χ0n) is 15.6. The second-order valence-corrected chi connectivity index (χ2v) is 6.48. The van der Waals surface area contributed by atoms with Gasteiger partial charge < -0.3 is 20.5 Å². The lowest BCUT2D eigenvalue weighted by Gasteiger charge is -2.11. The normalized spacial score (nSPS) is 10.4. The number of nitrogens with two attached hydrogens (primary N) is 1. The third kappa shape index (κ3) is 5.26. The maximum atomic E-state index is 12.4. The van der Waals surface area contributed by atoms with Crippen LogP contribution in [0, 0.1) is 0 Å². The van der Waals surface area contributed by atoms with E-state index in [2.05, 4.69) is 10.4 Å². The van der Waals surface area contributed by atoms with E-state index in [4.69, 9.17) is 26.8 Å². The molecule has 1 heterocycles. The van der Waals surface area contributed by atoms with Crippen molar-refractivity contribution in [1.82, 2.24) is 15.1 Å². The highest BCUT2D eigenvalue weighted by atomic mass is 35.5. The van der Waals surface area contributed by atoms with E-state index in [-0.39, 0.29) is 24.8 Å². The average molecular weight is 415 g/mol. The maximum absolute atomic E-state index is 12.4. The summed E-state index contributed by atoms with van der Waals surface area (Å²) in [6.45, 7) is 0.0110. The molecule has 29 heavy (non-hydrogen) atoms. The van der Waals surface area contributed by atoms with Gasteiger partial charge >= 0.3 is 0 Å². The molecule has 150 valence electrons. The highest BCUT2D eigenvalue weighted by Gasteiger charge is 2.12. The monoisotopic (exact) mass is 414 g/mol. The minimum atomic E-state index is -0.583. The summed E-state index contributed by atoms with van der Waals surface area (Å²) in [7, 11) is 1.48. The van der Waals surface area contributed by atoms with Crippen molar-refractivity contribution in [2.45, 2.75) is 6.54 Å². The molecule has 0 atom stereocenters. The molecule has 0 bridgehead atoms. The minimum absolute atomic E-state index is 0.248. The first kappa shape index (κ1) is 20.2. The summed E-state index contributed by atoms with van der Waals surface area (Å²) in [5.74, 6) is -0.0794. The number of hydrogen-bond acceptors (Lipinski definition) is 5. The topological polar surface area (TPSA) is 108 Å².